The smallest absolute Gasteiger partial charge is 0.313 e. The maximum absolute atomic E-state index is 13.5. The lowest BCUT2D eigenvalue weighted by molar-refractivity contribution is -0.137. The SMILES string of the molecule is CC(C)n1nc(CC(=O)Nc2nc3ccc(F)cc3n2C)c(=O)c2ccc(C(F)(F)F)cc21. The second-order valence-electron chi connectivity index (χ2n) is 7.90. The van der Waals surface area contributed by atoms with Crippen molar-refractivity contribution in [3.8, 4) is 0 Å². The van der Waals surface area contributed by atoms with E-state index in [9.17, 15) is 27.2 Å². The first kappa shape index (κ1) is 22.4. The largest absolute Gasteiger partial charge is 0.416 e. The van der Waals surface area contributed by atoms with Crippen molar-refractivity contribution in [3.05, 3.63) is 63.7 Å². The molecule has 0 aliphatic heterocycles. The highest BCUT2D eigenvalue weighted by Crippen LogP contribution is 2.31. The molecule has 0 radical (unpaired) electrons. The van der Waals surface area contributed by atoms with Gasteiger partial charge in [0, 0.05) is 18.5 Å². The van der Waals surface area contributed by atoms with E-state index < -0.39 is 35.3 Å². The third-order valence-electron chi connectivity index (χ3n) is 5.22. The number of aromatic nitrogens is 4. The zero-order valence-corrected chi connectivity index (χ0v) is 17.9. The number of benzene rings is 2. The number of anilines is 1. The van der Waals surface area contributed by atoms with Gasteiger partial charge in [0.25, 0.3) is 0 Å². The molecule has 33 heavy (non-hydrogen) atoms. The number of rotatable bonds is 4. The summed E-state index contributed by atoms with van der Waals surface area (Å²) in [6.45, 7) is 3.42. The van der Waals surface area contributed by atoms with E-state index in [1.807, 2.05) is 0 Å². The Morgan fingerprint density at radius 1 is 1.12 bits per heavy atom. The Morgan fingerprint density at radius 3 is 2.52 bits per heavy atom. The molecule has 2 aromatic carbocycles. The van der Waals surface area contributed by atoms with Crippen LogP contribution in [-0.2, 0) is 24.4 Å². The molecular formula is C22H19F4N5O2. The van der Waals surface area contributed by atoms with Crippen molar-refractivity contribution in [2.75, 3.05) is 5.32 Å². The van der Waals surface area contributed by atoms with E-state index in [1.165, 1.54) is 27.4 Å². The maximum Gasteiger partial charge on any atom is 0.416 e. The van der Waals surface area contributed by atoms with Crippen molar-refractivity contribution in [2.45, 2.75) is 32.5 Å². The molecule has 7 nitrogen and oxygen atoms in total. The van der Waals surface area contributed by atoms with E-state index >= 15 is 0 Å². The standard InChI is InChI=1S/C22H19F4N5O2/c1-11(2)31-17-8-12(22(24,25)26)4-6-14(17)20(33)16(29-31)10-19(32)28-21-27-15-7-5-13(23)9-18(15)30(21)3/h4-9,11H,10H2,1-3H3,(H,27,28,32). The zero-order chi connectivity index (χ0) is 24.1. The van der Waals surface area contributed by atoms with Gasteiger partial charge in [-0.15, -0.1) is 0 Å². The molecule has 0 atom stereocenters. The van der Waals surface area contributed by atoms with Crippen LogP contribution in [0.2, 0.25) is 0 Å². The van der Waals surface area contributed by atoms with Gasteiger partial charge < -0.3 is 4.57 Å². The molecule has 2 heterocycles. The summed E-state index contributed by atoms with van der Waals surface area (Å²) < 4.78 is 55.7. The highest BCUT2D eigenvalue weighted by Gasteiger charge is 2.31. The quantitative estimate of drug-likeness (QED) is 0.462. The van der Waals surface area contributed by atoms with Gasteiger partial charge in [-0.3, -0.25) is 19.6 Å². The number of carbonyl (C=O) groups is 1. The van der Waals surface area contributed by atoms with Gasteiger partial charge in [0.1, 0.15) is 11.5 Å². The maximum atomic E-state index is 13.5. The van der Waals surface area contributed by atoms with Crippen molar-refractivity contribution in [3.63, 3.8) is 0 Å². The molecule has 0 bridgehead atoms. The number of aryl methyl sites for hydroxylation is 1. The van der Waals surface area contributed by atoms with E-state index in [0.717, 1.165) is 18.2 Å². The second kappa shape index (κ2) is 7.98. The second-order valence-corrected chi connectivity index (χ2v) is 7.90. The van der Waals surface area contributed by atoms with Crippen LogP contribution in [0.5, 0.6) is 0 Å². The Kier molecular flexibility index (Phi) is 5.43. The first-order chi connectivity index (χ1) is 15.5. The van der Waals surface area contributed by atoms with Gasteiger partial charge in [-0.05, 0) is 50.2 Å². The fourth-order valence-corrected chi connectivity index (χ4v) is 3.58. The predicted octanol–water partition coefficient (Wildman–Crippen LogP) is 4.20. The molecule has 1 amide bonds. The van der Waals surface area contributed by atoms with Crippen LogP contribution in [0, 0.1) is 5.82 Å². The number of hydrogen-bond donors (Lipinski definition) is 1. The lowest BCUT2D eigenvalue weighted by atomic mass is 10.1. The average Bonchev–Trinajstić information content (AvgIpc) is 3.03. The first-order valence-electron chi connectivity index (χ1n) is 10.00. The van der Waals surface area contributed by atoms with Gasteiger partial charge in [0.15, 0.2) is 0 Å². The van der Waals surface area contributed by atoms with Gasteiger partial charge in [-0.1, -0.05) is 0 Å². The van der Waals surface area contributed by atoms with Gasteiger partial charge >= 0.3 is 6.18 Å². The summed E-state index contributed by atoms with van der Waals surface area (Å²) in [5.74, 6) is -0.896. The first-order valence-corrected chi connectivity index (χ1v) is 10.00. The van der Waals surface area contributed by atoms with Gasteiger partial charge in [0.2, 0.25) is 17.3 Å². The number of alkyl halides is 3. The third-order valence-corrected chi connectivity index (χ3v) is 5.22. The summed E-state index contributed by atoms with van der Waals surface area (Å²) in [7, 11) is 1.60. The number of nitrogens with zero attached hydrogens (tertiary/aromatic N) is 4. The van der Waals surface area contributed by atoms with Crippen LogP contribution in [0.3, 0.4) is 0 Å². The fourth-order valence-electron chi connectivity index (χ4n) is 3.58. The molecular weight excluding hydrogens is 442 g/mol. The van der Waals surface area contributed by atoms with Crippen molar-refractivity contribution in [1.82, 2.24) is 19.3 Å². The molecule has 0 fully saturated rings. The zero-order valence-electron chi connectivity index (χ0n) is 17.9. The molecule has 0 saturated carbocycles. The molecule has 4 aromatic rings. The van der Waals surface area contributed by atoms with E-state index in [4.69, 9.17) is 0 Å². The van der Waals surface area contributed by atoms with E-state index in [-0.39, 0.29) is 28.6 Å². The minimum absolute atomic E-state index is 0.0337. The molecule has 0 spiro atoms. The van der Waals surface area contributed by atoms with Crippen LogP contribution in [-0.4, -0.2) is 25.2 Å². The fraction of sp³-hybridized carbons (Fsp3) is 0.273. The average molecular weight is 461 g/mol. The van der Waals surface area contributed by atoms with E-state index in [1.54, 1.807) is 20.9 Å². The molecule has 2 aromatic heterocycles. The van der Waals surface area contributed by atoms with Crippen LogP contribution in [0.25, 0.3) is 21.9 Å². The third kappa shape index (κ3) is 4.18. The highest BCUT2D eigenvalue weighted by molar-refractivity contribution is 5.93. The topological polar surface area (TPSA) is 81.8 Å². The summed E-state index contributed by atoms with van der Waals surface area (Å²) in [6.07, 6.45) is -4.99. The highest BCUT2D eigenvalue weighted by atomic mass is 19.4. The summed E-state index contributed by atoms with van der Waals surface area (Å²) in [4.78, 5) is 29.8. The number of amides is 1. The summed E-state index contributed by atoms with van der Waals surface area (Å²) in [5, 5.41) is 6.79. The minimum atomic E-state index is -4.57. The van der Waals surface area contributed by atoms with Crippen molar-refractivity contribution in [2.24, 2.45) is 7.05 Å². The molecule has 0 saturated heterocycles. The monoisotopic (exact) mass is 461 g/mol. The molecule has 0 aliphatic rings. The van der Waals surface area contributed by atoms with Gasteiger partial charge in [-0.2, -0.15) is 18.3 Å². The van der Waals surface area contributed by atoms with E-state index in [2.05, 4.69) is 15.4 Å². The molecule has 172 valence electrons. The summed E-state index contributed by atoms with van der Waals surface area (Å²) >= 11 is 0. The Morgan fingerprint density at radius 2 is 1.85 bits per heavy atom. The predicted molar refractivity (Wildman–Crippen MR) is 114 cm³/mol. The van der Waals surface area contributed by atoms with Crippen molar-refractivity contribution in [1.29, 1.82) is 0 Å². The summed E-state index contributed by atoms with van der Waals surface area (Å²) in [5.41, 5.74) is -0.658. The minimum Gasteiger partial charge on any atom is -0.313 e. The van der Waals surface area contributed by atoms with Gasteiger partial charge in [-0.25, -0.2) is 9.37 Å². The Hall–Kier alpha value is -3.76. The van der Waals surface area contributed by atoms with Crippen molar-refractivity contribution < 1.29 is 22.4 Å². The molecule has 1 N–H and O–H groups in total. The number of fused-ring (bicyclic) bond motifs is 2. The Balaban J connectivity index is 1.70. The van der Waals surface area contributed by atoms with Gasteiger partial charge in [0.05, 0.1) is 28.5 Å². The molecule has 11 heteroatoms. The molecule has 0 aliphatic carbocycles. The number of carbonyl (C=O) groups excluding carboxylic acids is 1. The summed E-state index contributed by atoms with van der Waals surface area (Å²) in [6, 6.07) is 6.44. The number of hydrogen-bond acceptors (Lipinski definition) is 4. The van der Waals surface area contributed by atoms with Crippen LogP contribution in [0.1, 0.15) is 31.1 Å². The number of halogens is 4. The van der Waals surface area contributed by atoms with Crippen LogP contribution in [0.15, 0.2) is 41.2 Å². The Bertz CT molecular complexity index is 1450. The van der Waals surface area contributed by atoms with Crippen molar-refractivity contribution >= 4 is 33.8 Å². The number of imidazole rings is 1. The molecule has 0 unspecified atom stereocenters. The lowest BCUT2D eigenvalue weighted by Gasteiger charge is -2.16. The number of nitrogens with one attached hydrogen (secondary N) is 1. The van der Waals surface area contributed by atoms with Crippen LogP contribution in [0.4, 0.5) is 23.5 Å². The van der Waals surface area contributed by atoms with E-state index in [0.29, 0.717) is 11.0 Å². The van der Waals surface area contributed by atoms with Crippen LogP contribution < -0.4 is 10.7 Å². The Labute approximate surface area is 184 Å². The lowest BCUT2D eigenvalue weighted by Crippen LogP contribution is -2.26. The van der Waals surface area contributed by atoms with Crippen LogP contribution >= 0.6 is 0 Å². The normalized spacial score (nSPS) is 12.1. The molecule has 4 rings (SSSR count).